The van der Waals surface area contributed by atoms with E-state index in [1.807, 2.05) is 34.6 Å². The third kappa shape index (κ3) is 9.54. The molecule has 19 heavy (non-hydrogen) atoms. The largest absolute Gasteiger partial charge is 0.313 e. The molecule has 0 bridgehead atoms. The van der Waals surface area contributed by atoms with Gasteiger partial charge in [0.25, 0.3) is 0 Å². The van der Waals surface area contributed by atoms with Crippen molar-refractivity contribution in [2.75, 3.05) is 19.6 Å². The second kappa shape index (κ2) is 13.4. The van der Waals surface area contributed by atoms with Gasteiger partial charge in [-0.05, 0) is 32.7 Å². The number of likely N-dealkylation sites (tertiary alicyclic amines) is 1. The minimum Gasteiger partial charge on any atom is -0.313 e. The highest BCUT2D eigenvalue weighted by Gasteiger charge is 2.29. The molecule has 112 valence electrons. The van der Waals surface area contributed by atoms with Crippen LogP contribution in [-0.4, -0.2) is 30.1 Å². The molecule has 2 N–H and O–H groups in total. The predicted octanol–water partition coefficient (Wildman–Crippen LogP) is 3.41. The highest BCUT2D eigenvalue weighted by atomic mass is 15.1. The van der Waals surface area contributed by atoms with Crippen LogP contribution in [0.1, 0.15) is 61.7 Å². The molecule has 3 nitrogen and oxygen atoms in total. The first-order valence-electron chi connectivity index (χ1n) is 7.52. The second-order valence-electron chi connectivity index (χ2n) is 4.14. The molecule has 0 radical (unpaired) electrons. The van der Waals surface area contributed by atoms with Crippen molar-refractivity contribution >= 4 is 0 Å². The lowest BCUT2D eigenvalue weighted by Crippen LogP contribution is -2.49. The van der Waals surface area contributed by atoms with E-state index in [1.54, 1.807) is 0 Å². The van der Waals surface area contributed by atoms with Gasteiger partial charge in [0.2, 0.25) is 0 Å². The van der Waals surface area contributed by atoms with Crippen molar-refractivity contribution in [3.63, 3.8) is 0 Å². The summed E-state index contributed by atoms with van der Waals surface area (Å²) in [7, 11) is 0. The maximum atomic E-state index is 8.87. The second-order valence-corrected chi connectivity index (χ2v) is 4.14. The standard InChI is InChI=1S/C12H19N3.2C2H6.H2/c1-2-3-4-5-8-15-9-6-12(14,11-13)7-10-15;2*1-2;/h4-10,14H2,1H3;2*1-2H3;1H. The van der Waals surface area contributed by atoms with Crippen LogP contribution in [0.4, 0.5) is 0 Å². The fraction of sp³-hybridized carbons (Fsp3) is 0.812. The van der Waals surface area contributed by atoms with Crippen LogP contribution in [0, 0.1) is 23.2 Å². The van der Waals surface area contributed by atoms with Crippen LogP contribution in [0.3, 0.4) is 0 Å². The van der Waals surface area contributed by atoms with Gasteiger partial charge in [0.05, 0.1) is 6.07 Å². The molecule has 3 heteroatoms. The Balaban J connectivity index is -0.000000529. The lowest BCUT2D eigenvalue weighted by Gasteiger charge is -2.34. The number of rotatable bonds is 3. The Hall–Kier alpha value is -1.03. The smallest absolute Gasteiger partial charge is 0.106 e. The van der Waals surface area contributed by atoms with E-state index in [-0.39, 0.29) is 1.43 Å². The molecule has 0 atom stereocenters. The molecule has 0 unspecified atom stereocenters. The van der Waals surface area contributed by atoms with Crippen LogP contribution in [0.25, 0.3) is 0 Å². The summed E-state index contributed by atoms with van der Waals surface area (Å²) in [5.74, 6) is 5.96. The summed E-state index contributed by atoms with van der Waals surface area (Å²) in [6, 6.07) is 2.21. The predicted molar refractivity (Wildman–Crippen MR) is 85.7 cm³/mol. The first-order valence-corrected chi connectivity index (χ1v) is 7.52. The molecular weight excluding hydrogens is 234 g/mol. The van der Waals surface area contributed by atoms with Gasteiger partial charge in [-0.2, -0.15) is 5.26 Å². The Bertz CT molecular complexity index is 291. The van der Waals surface area contributed by atoms with Gasteiger partial charge < -0.3 is 10.6 Å². The summed E-state index contributed by atoms with van der Waals surface area (Å²) in [4.78, 5) is 2.37. The van der Waals surface area contributed by atoms with Crippen molar-refractivity contribution < 1.29 is 1.43 Å². The molecule has 0 amide bonds. The normalized spacial score (nSPS) is 16.5. The van der Waals surface area contributed by atoms with E-state index >= 15 is 0 Å². The number of piperidine rings is 1. The third-order valence-electron chi connectivity index (χ3n) is 2.92. The zero-order valence-corrected chi connectivity index (χ0v) is 13.4. The Labute approximate surface area is 121 Å². The van der Waals surface area contributed by atoms with Gasteiger partial charge in [0.15, 0.2) is 0 Å². The van der Waals surface area contributed by atoms with Gasteiger partial charge in [-0.3, -0.25) is 0 Å². The highest BCUT2D eigenvalue weighted by Crippen LogP contribution is 2.18. The Morgan fingerprint density at radius 3 is 2.16 bits per heavy atom. The van der Waals surface area contributed by atoms with Crippen LogP contribution in [-0.2, 0) is 0 Å². The van der Waals surface area contributed by atoms with Gasteiger partial charge in [-0.1, -0.05) is 27.7 Å². The van der Waals surface area contributed by atoms with Crippen molar-refractivity contribution in [1.82, 2.24) is 4.90 Å². The Morgan fingerprint density at radius 1 is 1.21 bits per heavy atom. The van der Waals surface area contributed by atoms with Crippen LogP contribution in [0.2, 0.25) is 0 Å². The van der Waals surface area contributed by atoms with Gasteiger partial charge in [-0.25, -0.2) is 0 Å². The number of hydrogen-bond acceptors (Lipinski definition) is 3. The van der Waals surface area contributed by atoms with E-state index in [9.17, 15) is 0 Å². The van der Waals surface area contributed by atoms with Gasteiger partial charge in [0.1, 0.15) is 5.54 Å². The number of unbranched alkanes of at least 4 members (excludes halogenated alkanes) is 1. The molecule has 0 spiro atoms. The first-order chi connectivity index (χ1) is 9.20. The number of hydrogen-bond donors (Lipinski definition) is 1. The van der Waals surface area contributed by atoms with Gasteiger partial charge in [-0.15, -0.1) is 11.8 Å². The van der Waals surface area contributed by atoms with Crippen molar-refractivity contribution in [3.8, 4) is 17.9 Å². The number of nitriles is 1. The molecule has 1 saturated heterocycles. The maximum Gasteiger partial charge on any atom is 0.106 e. The molecule has 0 aromatic rings. The summed E-state index contributed by atoms with van der Waals surface area (Å²) in [6.45, 7) is 12.8. The van der Waals surface area contributed by atoms with Crippen LogP contribution in [0.15, 0.2) is 0 Å². The third-order valence-corrected chi connectivity index (χ3v) is 2.92. The van der Waals surface area contributed by atoms with Crippen LogP contribution >= 0.6 is 0 Å². The summed E-state index contributed by atoms with van der Waals surface area (Å²) >= 11 is 0. The zero-order chi connectivity index (χ0) is 15.1. The topological polar surface area (TPSA) is 53.0 Å². The summed E-state index contributed by atoms with van der Waals surface area (Å²) in [5.41, 5.74) is 5.32. The molecule has 0 aromatic heterocycles. The molecular formula is C16H33N3. The summed E-state index contributed by atoms with van der Waals surface area (Å²) in [6.07, 6.45) is 3.68. The molecule has 0 aliphatic carbocycles. The van der Waals surface area contributed by atoms with E-state index in [4.69, 9.17) is 11.0 Å². The number of nitrogens with zero attached hydrogens (tertiary/aromatic N) is 2. The van der Waals surface area contributed by atoms with Crippen molar-refractivity contribution in [3.05, 3.63) is 0 Å². The van der Waals surface area contributed by atoms with Crippen molar-refractivity contribution in [2.45, 2.75) is 65.8 Å². The molecule has 1 aliphatic rings. The fourth-order valence-corrected chi connectivity index (χ4v) is 1.80. The summed E-state index contributed by atoms with van der Waals surface area (Å²) < 4.78 is 0. The van der Waals surface area contributed by atoms with Crippen molar-refractivity contribution in [1.29, 1.82) is 5.26 Å². The van der Waals surface area contributed by atoms with Gasteiger partial charge >= 0.3 is 0 Å². The SMILES string of the molecule is CC.CC.CC#CCCCN1CCC(N)(C#N)CC1.[HH]. The van der Waals surface area contributed by atoms with Crippen LogP contribution < -0.4 is 5.73 Å². The van der Waals surface area contributed by atoms with Gasteiger partial charge in [0, 0.05) is 20.9 Å². The zero-order valence-electron chi connectivity index (χ0n) is 13.4. The van der Waals surface area contributed by atoms with E-state index < -0.39 is 5.54 Å². The Kier molecular flexibility index (Phi) is 14.3. The highest BCUT2D eigenvalue weighted by molar-refractivity contribution is 5.07. The first kappa shape index (κ1) is 20.3. The summed E-state index contributed by atoms with van der Waals surface area (Å²) in [5, 5.41) is 8.87. The fourth-order valence-electron chi connectivity index (χ4n) is 1.80. The molecule has 1 rings (SSSR count). The van der Waals surface area contributed by atoms with Crippen molar-refractivity contribution in [2.24, 2.45) is 5.73 Å². The molecule has 1 aliphatic heterocycles. The molecule has 1 heterocycles. The molecule has 0 aromatic carbocycles. The van der Waals surface area contributed by atoms with E-state index in [2.05, 4.69) is 22.8 Å². The minimum absolute atomic E-state index is 0. The average Bonchev–Trinajstić information content (AvgIpc) is 2.50. The minimum atomic E-state index is -0.570. The molecule has 1 fully saturated rings. The maximum absolute atomic E-state index is 8.87. The lowest BCUT2D eigenvalue weighted by molar-refractivity contribution is 0.187. The quantitative estimate of drug-likeness (QED) is 0.630. The Morgan fingerprint density at radius 2 is 1.74 bits per heavy atom. The van der Waals surface area contributed by atoms with Crippen LogP contribution in [0.5, 0.6) is 0 Å². The number of nitrogens with two attached hydrogens (primary N) is 1. The lowest BCUT2D eigenvalue weighted by atomic mass is 9.90. The monoisotopic (exact) mass is 267 g/mol. The van der Waals surface area contributed by atoms with E-state index in [0.29, 0.717) is 0 Å². The average molecular weight is 267 g/mol. The van der Waals surface area contributed by atoms with E-state index in [1.165, 1.54) is 0 Å². The van der Waals surface area contributed by atoms with E-state index in [0.717, 1.165) is 45.3 Å². The molecule has 0 saturated carbocycles.